The first-order valence-electron chi connectivity index (χ1n) is 10.4. The van der Waals surface area contributed by atoms with Crippen molar-refractivity contribution in [2.45, 2.75) is 50.0 Å². The number of nitrogens with one attached hydrogen (secondary N) is 1. The summed E-state index contributed by atoms with van der Waals surface area (Å²) in [6.07, 6.45) is 5.95. The molecule has 7 heteroatoms. The van der Waals surface area contributed by atoms with Crippen LogP contribution in [0.2, 0.25) is 0 Å². The lowest BCUT2D eigenvalue weighted by atomic mass is 10.1. The van der Waals surface area contributed by atoms with E-state index in [1.807, 2.05) is 0 Å². The van der Waals surface area contributed by atoms with Gasteiger partial charge in [-0.2, -0.15) is 0 Å². The largest absolute Gasteiger partial charge is 0.378 e. The van der Waals surface area contributed by atoms with Crippen LogP contribution in [-0.2, 0) is 14.8 Å². The molecule has 0 spiro atoms. The van der Waals surface area contributed by atoms with Gasteiger partial charge >= 0.3 is 0 Å². The van der Waals surface area contributed by atoms with E-state index in [9.17, 15) is 13.2 Å². The SMILES string of the molecule is Cc1cc(C(=O)NCCCOC2CCCC2)ccc1N(C)S(=O)(=O)c1ccccc1. The van der Waals surface area contributed by atoms with E-state index in [1.165, 1.54) is 24.2 Å². The van der Waals surface area contributed by atoms with E-state index in [0.29, 0.717) is 36.1 Å². The topological polar surface area (TPSA) is 75.7 Å². The zero-order chi connectivity index (χ0) is 21.6. The van der Waals surface area contributed by atoms with Gasteiger partial charge in [-0.15, -0.1) is 0 Å². The van der Waals surface area contributed by atoms with Crippen LogP contribution in [0.3, 0.4) is 0 Å². The van der Waals surface area contributed by atoms with E-state index in [2.05, 4.69) is 5.32 Å². The Labute approximate surface area is 179 Å². The van der Waals surface area contributed by atoms with Gasteiger partial charge in [0.15, 0.2) is 0 Å². The third-order valence-corrected chi connectivity index (χ3v) is 7.25. The molecule has 1 aliphatic rings. The fourth-order valence-electron chi connectivity index (χ4n) is 3.71. The predicted octanol–water partition coefficient (Wildman–Crippen LogP) is 3.90. The standard InChI is InChI=1S/C23H30N2O4S/c1-18-17-19(23(26)24-15-8-16-29-20-9-6-7-10-20)13-14-22(18)25(2)30(27,28)21-11-4-3-5-12-21/h3-5,11-14,17,20H,6-10,15-16H2,1-2H3,(H,24,26). The number of hydrogen-bond donors (Lipinski definition) is 1. The maximum absolute atomic E-state index is 12.8. The number of anilines is 1. The molecule has 1 saturated carbocycles. The maximum Gasteiger partial charge on any atom is 0.264 e. The number of carbonyl (C=O) groups is 1. The average Bonchev–Trinajstić information content (AvgIpc) is 3.27. The number of rotatable bonds is 9. The molecule has 1 N–H and O–H groups in total. The molecule has 0 saturated heterocycles. The van der Waals surface area contributed by atoms with Crippen LogP contribution in [0.25, 0.3) is 0 Å². The number of benzene rings is 2. The molecule has 0 bridgehead atoms. The Kier molecular flexibility index (Phi) is 7.50. The number of hydrogen-bond acceptors (Lipinski definition) is 4. The second kappa shape index (κ2) is 10.1. The van der Waals surface area contributed by atoms with Gasteiger partial charge in [-0.25, -0.2) is 8.42 Å². The first kappa shape index (κ1) is 22.3. The van der Waals surface area contributed by atoms with Crippen LogP contribution >= 0.6 is 0 Å². The van der Waals surface area contributed by atoms with E-state index in [4.69, 9.17) is 4.74 Å². The van der Waals surface area contributed by atoms with E-state index in [-0.39, 0.29) is 10.8 Å². The Morgan fingerprint density at radius 3 is 2.50 bits per heavy atom. The van der Waals surface area contributed by atoms with Crippen molar-refractivity contribution in [1.29, 1.82) is 0 Å². The van der Waals surface area contributed by atoms with Crippen molar-refractivity contribution in [3.05, 3.63) is 59.7 Å². The molecule has 0 aliphatic heterocycles. The van der Waals surface area contributed by atoms with Crippen molar-refractivity contribution in [2.24, 2.45) is 0 Å². The molecule has 3 rings (SSSR count). The Morgan fingerprint density at radius 1 is 1.13 bits per heavy atom. The minimum Gasteiger partial charge on any atom is -0.378 e. The van der Waals surface area contributed by atoms with Crippen molar-refractivity contribution in [1.82, 2.24) is 5.32 Å². The molecular weight excluding hydrogens is 400 g/mol. The van der Waals surface area contributed by atoms with E-state index >= 15 is 0 Å². The lowest BCUT2D eigenvalue weighted by molar-refractivity contribution is 0.0565. The van der Waals surface area contributed by atoms with Crippen molar-refractivity contribution < 1.29 is 17.9 Å². The molecule has 0 unspecified atom stereocenters. The molecule has 0 heterocycles. The maximum atomic E-state index is 12.8. The van der Waals surface area contributed by atoms with Gasteiger partial charge in [-0.3, -0.25) is 9.10 Å². The number of carbonyl (C=O) groups excluding carboxylic acids is 1. The summed E-state index contributed by atoms with van der Waals surface area (Å²) in [5.41, 5.74) is 1.77. The molecule has 1 fully saturated rings. The summed E-state index contributed by atoms with van der Waals surface area (Å²) in [5, 5.41) is 2.91. The van der Waals surface area contributed by atoms with Crippen molar-refractivity contribution in [3.8, 4) is 0 Å². The van der Waals surface area contributed by atoms with E-state index in [0.717, 1.165) is 19.3 Å². The lowest BCUT2D eigenvalue weighted by Gasteiger charge is -2.22. The minimum absolute atomic E-state index is 0.168. The highest BCUT2D eigenvalue weighted by Gasteiger charge is 2.22. The van der Waals surface area contributed by atoms with Gasteiger partial charge in [0.2, 0.25) is 0 Å². The summed E-state index contributed by atoms with van der Waals surface area (Å²) in [6, 6.07) is 13.4. The summed E-state index contributed by atoms with van der Waals surface area (Å²) in [6.45, 7) is 3.01. The first-order valence-corrected chi connectivity index (χ1v) is 11.9. The van der Waals surface area contributed by atoms with Gasteiger partial charge in [0.25, 0.3) is 15.9 Å². The predicted molar refractivity (Wildman–Crippen MR) is 118 cm³/mol. The second-order valence-electron chi connectivity index (χ2n) is 7.67. The number of nitrogens with zero attached hydrogens (tertiary/aromatic N) is 1. The highest BCUT2D eigenvalue weighted by Crippen LogP contribution is 2.26. The molecule has 2 aromatic carbocycles. The van der Waals surface area contributed by atoms with Gasteiger partial charge in [-0.1, -0.05) is 31.0 Å². The normalized spacial score (nSPS) is 14.6. The van der Waals surface area contributed by atoms with Crippen LogP contribution < -0.4 is 9.62 Å². The fourth-order valence-corrected chi connectivity index (χ4v) is 4.99. The molecule has 1 amide bonds. The highest BCUT2D eigenvalue weighted by molar-refractivity contribution is 7.92. The minimum atomic E-state index is -3.66. The molecule has 162 valence electrons. The summed E-state index contributed by atoms with van der Waals surface area (Å²) < 4.78 is 32.7. The quantitative estimate of drug-likeness (QED) is 0.612. The average molecular weight is 431 g/mol. The molecule has 6 nitrogen and oxygen atoms in total. The molecular formula is C23H30N2O4S. The Hall–Kier alpha value is -2.38. The number of sulfonamides is 1. The van der Waals surface area contributed by atoms with Crippen LogP contribution in [0.5, 0.6) is 0 Å². The highest BCUT2D eigenvalue weighted by atomic mass is 32.2. The lowest BCUT2D eigenvalue weighted by Crippen LogP contribution is -2.28. The van der Waals surface area contributed by atoms with Crippen LogP contribution in [-0.4, -0.2) is 40.6 Å². The summed E-state index contributed by atoms with van der Waals surface area (Å²) in [4.78, 5) is 12.7. The first-order chi connectivity index (χ1) is 14.4. The molecule has 0 atom stereocenters. The van der Waals surface area contributed by atoms with Crippen molar-refractivity contribution in [2.75, 3.05) is 24.5 Å². The molecule has 30 heavy (non-hydrogen) atoms. The Morgan fingerprint density at radius 2 is 1.83 bits per heavy atom. The van der Waals surface area contributed by atoms with Crippen LogP contribution in [0.15, 0.2) is 53.4 Å². The monoisotopic (exact) mass is 430 g/mol. The Bertz CT molecular complexity index is 954. The molecule has 0 aromatic heterocycles. The van der Waals surface area contributed by atoms with Gasteiger partial charge in [0.1, 0.15) is 0 Å². The van der Waals surface area contributed by atoms with Gasteiger partial charge in [-0.05, 0) is 62.1 Å². The number of ether oxygens (including phenoxy) is 1. The third kappa shape index (κ3) is 5.40. The zero-order valence-corrected chi connectivity index (χ0v) is 18.5. The fraction of sp³-hybridized carbons (Fsp3) is 0.435. The number of aryl methyl sites for hydroxylation is 1. The van der Waals surface area contributed by atoms with Crippen LogP contribution in [0.4, 0.5) is 5.69 Å². The van der Waals surface area contributed by atoms with Crippen LogP contribution in [0.1, 0.15) is 48.0 Å². The van der Waals surface area contributed by atoms with Gasteiger partial charge in [0, 0.05) is 25.8 Å². The summed E-state index contributed by atoms with van der Waals surface area (Å²) in [5.74, 6) is -0.168. The van der Waals surface area contributed by atoms with Crippen LogP contribution in [0, 0.1) is 6.92 Å². The summed E-state index contributed by atoms with van der Waals surface area (Å²) in [7, 11) is -2.13. The second-order valence-corrected chi connectivity index (χ2v) is 9.64. The molecule has 2 aromatic rings. The van der Waals surface area contributed by atoms with Gasteiger partial charge < -0.3 is 10.1 Å². The molecule has 0 radical (unpaired) electrons. The third-order valence-electron chi connectivity index (χ3n) is 5.46. The number of amides is 1. The van der Waals surface area contributed by atoms with Crippen molar-refractivity contribution >= 4 is 21.6 Å². The molecule has 1 aliphatic carbocycles. The van der Waals surface area contributed by atoms with Crippen molar-refractivity contribution in [3.63, 3.8) is 0 Å². The Balaban J connectivity index is 1.57. The van der Waals surface area contributed by atoms with E-state index in [1.54, 1.807) is 55.5 Å². The van der Waals surface area contributed by atoms with E-state index < -0.39 is 10.0 Å². The van der Waals surface area contributed by atoms with Gasteiger partial charge in [0.05, 0.1) is 16.7 Å². The smallest absolute Gasteiger partial charge is 0.264 e. The zero-order valence-electron chi connectivity index (χ0n) is 17.6. The summed E-state index contributed by atoms with van der Waals surface area (Å²) >= 11 is 0.